The minimum atomic E-state index is -0.194. The lowest BCUT2D eigenvalue weighted by Gasteiger charge is -2.43. The Morgan fingerprint density at radius 3 is 2.88 bits per heavy atom. The Hall–Kier alpha value is -1.65. The van der Waals surface area contributed by atoms with Crippen molar-refractivity contribution in [3.8, 4) is 0 Å². The summed E-state index contributed by atoms with van der Waals surface area (Å²) in [4.78, 5) is 7.23. The lowest BCUT2D eigenvalue weighted by molar-refractivity contribution is 0.0407. The van der Waals surface area contributed by atoms with Crippen LogP contribution in [0, 0.1) is 12.3 Å². The first kappa shape index (κ1) is 15.9. The van der Waals surface area contributed by atoms with Crippen LogP contribution in [-0.2, 0) is 6.61 Å². The number of aryl methyl sites for hydroxylation is 1. The standard InChI is InChI=1S/C20H26N2O2/c1-14-5-2-6-15-11-16(12-23)19(21-18(14)15)22-10-4-9-20(13-22)8-3-7-17(20)24/h2,5-6,11,17,23-24H,3-4,7-10,12-13H2,1H3/t17-,20-/m1/s1. The third-order valence-electron chi connectivity index (χ3n) is 6.04. The molecular weight excluding hydrogens is 300 g/mol. The Bertz CT molecular complexity index is 761. The molecular formula is C20H26N2O2. The Kier molecular flexibility index (Phi) is 3.97. The second kappa shape index (κ2) is 6.01. The molecule has 1 saturated heterocycles. The monoisotopic (exact) mass is 326 g/mol. The predicted octanol–water partition coefficient (Wildman–Crippen LogP) is 3.17. The predicted molar refractivity (Wildman–Crippen MR) is 96.1 cm³/mol. The zero-order valence-electron chi connectivity index (χ0n) is 14.3. The second-order valence-corrected chi connectivity index (χ2v) is 7.57. The van der Waals surface area contributed by atoms with Crippen LogP contribution in [0.4, 0.5) is 5.82 Å². The second-order valence-electron chi connectivity index (χ2n) is 7.57. The summed E-state index contributed by atoms with van der Waals surface area (Å²) < 4.78 is 0. The molecule has 4 heteroatoms. The molecule has 2 N–H and O–H groups in total. The number of nitrogens with zero attached hydrogens (tertiary/aromatic N) is 2. The van der Waals surface area contributed by atoms with Crippen molar-refractivity contribution in [3.05, 3.63) is 35.4 Å². The molecule has 4 rings (SSSR count). The molecule has 24 heavy (non-hydrogen) atoms. The van der Waals surface area contributed by atoms with Crippen LogP contribution in [0.15, 0.2) is 24.3 Å². The number of piperidine rings is 1. The highest BCUT2D eigenvalue weighted by Gasteiger charge is 2.45. The highest BCUT2D eigenvalue weighted by molar-refractivity contribution is 5.84. The van der Waals surface area contributed by atoms with Crippen molar-refractivity contribution in [1.29, 1.82) is 0 Å². The van der Waals surface area contributed by atoms with E-state index in [1.807, 2.05) is 6.07 Å². The molecule has 2 heterocycles. The number of pyridine rings is 1. The summed E-state index contributed by atoms with van der Waals surface area (Å²) in [6.45, 7) is 3.88. The zero-order chi connectivity index (χ0) is 16.7. The molecule has 4 nitrogen and oxygen atoms in total. The highest BCUT2D eigenvalue weighted by Crippen LogP contribution is 2.46. The molecule has 0 bridgehead atoms. The maximum absolute atomic E-state index is 10.5. The van der Waals surface area contributed by atoms with Gasteiger partial charge in [-0.2, -0.15) is 0 Å². The average Bonchev–Trinajstić information content (AvgIpc) is 2.94. The van der Waals surface area contributed by atoms with E-state index in [0.29, 0.717) is 0 Å². The van der Waals surface area contributed by atoms with Gasteiger partial charge in [-0.3, -0.25) is 0 Å². The number of rotatable bonds is 2. The number of anilines is 1. The molecule has 1 aromatic heterocycles. The number of aliphatic hydroxyl groups is 2. The van der Waals surface area contributed by atoms with Crippen molar-refractivity contribution in [2.24, 2.45) is 5.41 Å². The Balaban J connectivity index is 1.76. The van der Waals surface area contributed by atoms with E-state index in [2.05, 4.69) is 30.0 Å². The van der Waals surface area contributed by atoms with Gasteiger partial charge in [0.1, 0.15) is 5.82 Å². The van der Waals surface area contributed by atoms with Gasteiger partial charge in [0.05, 0.1) is 18.2 Å². The summed E-state index contributed by atoms with van der Waals surface area (Å²) in [6.07, 6.45) is 5.13. The maximum Gasteiger partial charge on any atom is 0.134 e. The SMILES string of the molecule is Cc1cccc2cc(CO)c(N3CCC[C@]4(CCC[C@H]4O)C3)nc12. The van der Waals surface area contributed by atoms with Crippen LogP contribution in [0.3, 0.4) is 0 Å². The minimum Gasteiger partial charge on any atom is -0.392 e. The smallest absolute Gasteiger partial charge is 0.134 e. The Labute approximate surface area is 143 Å². The van der Waals surface area contributed by atoms with Crippen molar-refractivity contribution in [1.82, 2.24) is 4.98 Å². The normalized spacial score (nSPS) is 27.3. The van der Waals surface area contributed by atoms with E-state index in [4.69, 9.17) is 4.98 Å². The molecule has 2 fully saturated rings. The molecule has 1 saturated carbocycles. The first-order valence-corrected chi connectivity index (χ1v) is 9.06. The fourth-order valence-electron chi connectivity index (χ4n) is 4.71. The number of aliphatic hydroxyl groups excluding tert-OH is 2. The Morgan fingerprint density at radius 2 is 2.12 bits per heavy atom. The van der Waals surface area contributed by atoms with Crippen molar-refractivity contribution in [2.45, 2.75) is 51.7 Å². The number of fused-ring (bicyclic) bond motifs is 1. The fourth-order valence-corrected chi connectivity index (χ4v) is 4.71. The van der Waals surface area contributed by atoms with Crippen LogP contribution >= 0.6 is 0 Å². The maximum atomic E-state index is 10.5. The molecule has 128 valence electrons. The molecule has 2 atom stereocenters. The Morgan fingerprint density at radius 1 is 1.29 bits per heavy atom. The third kappa shape index (κ3) is 2.49. The summed E-state index contributed by atoms with van der Waals surface area (Å²) in [7, 11) is 0. The summed E-state index contributed by atoms with van der Waals surface area (Å²) in [5, 5.41) is 21.5. The topological polar surface area (TPSA) is 56.6 Å². The lowest BCUT2D eigenvalue weighted by Crippen LogP contribution is -2.47. The van der Waals surface area contributed by atoms with Gasteiger partial charge in [0.2, 0.25) is 0 Å². The van der Waals surface area contributed by atoms with Crippen molar-refractivity contribution in [2.75, 3.05) is 18.0 Å². The summed E-state index contributed by atoms with van der Waals surface area (Å²) in [5.74, 6) is 0.900. The summed E-state index contributed by atoms with van der Waals surface area (Å²) >= 11 is 0. The average molecular weight is 326 g/mol. The number of hydrogen-bond donors (Lipinski definition) is 2. The number of benzene rings is 1. The molecule has 1 aliphatic heterocycles. The van der Waals surface area contributed by atoms with Crippen LogP contribution in [0.5, 0.6) is 0 Å². The summed E-state index contributed by atoms with van der Waals surface area (Å²) in [5.41, 5.74) is 3.08. The van der Waals surface area contributed by atoms with E-state index < -0.39 is 0 Å². The fraction of sp³-hybridized carbons (Fsp3) is 0.550. The van der Waals surface area contributed by atoms with Gasteiger partial charge in [0.25, 0.3) is 0 Å². The highest BCUT2D eigenvalue weighted by atomic mass is 16.3. The molecule has 0 unspecified atom stereocenters. The number of aromatic nitrogens is 1. The van der Waals surface area contributed by atoms with Crippen LogP contribution in [0.2, 0.25) is 0 Å². The molecule has 1 aromatic carbocycles. The van der Waals surface area contributed by atoms with Gasteiger partial charge >= 0.3 is 0 Å². The van der Waals surface area contributed by atoms with Gasteiger partial charge in [-0.05, 0) is 44.2 Å². The van der Waals surface area contributed by atoms with Gasteiger partial charge in [-0.25, -0.2) is 4.98 Å². The van der Waals surface area contributed by atoms with Gasteiger partial charge < -0.3 is 15.1 Å². The molecule has 0 amide bonds. The molecule has 1 spiro atoms. The van der Waals surface area contributed by atoms with E-state index in [9.17, 15) is 10.2 Å². The first-order valence-electron chi connectivity index (χ1n) is 9.06. The van der Waals surface area contributed by atoms with Gasteiger partial charge in [0, 0.05) is 29.5 Å². The first-order chi connectivity index (χ1) is 11.6. The van der Waals surface area contributed by atoms with E-state index in [1.54, 1.807) is 0 Å². The van der Waals surface area contributed by atoms with Crippen molar-refractivity contribution < 1.29 is 10.2 Å². The minimum absolute atomic E-state index is 0.00172. The van der Waals surface area contributed by atoms with E-state index >= 15 is 0 Å². The lowest BCUT2D eigenvalue weighted by atomic mass is 9.76. The molecule has 1 aliphatic carbocycles. The van der Waals surface area contributed by atoms with Crippen LogP contribution in [-0.4, -0.2) is 34.4 Å². The van der Waals surface area contributed by atoms with Crippen LogP contribution in [0.1, 0.15) is 43.2 Å². The van der Waals surface area contributed by atoms with Gasteiger partial charge in [0.15, 0.2) is 0 Å². The van der Waals surface area contributed by atoms with Crippen LogP contribution in [0.25, 0.3) is 10.9 Å². The third-order valence-corrected chi connectivity index (χ3v) is 6.04. The van der Waals surface area contributed by atoms with Crippen LogP contribution < -0.4 is 4.90 Å². The van der Waals surface area contributed by atoms with Crippen molar-refractivity contribution in [3.63, 3.8) is 0 Å². The molecule has 2 aliphatic rings. The quantitative estimate of drug-likeness (QED) is 0.890. The van der Waals surface area contributed by atoms with Crippen molar-refractivity contribution >= 4 is 16.7 Å². The largest absolute Gasteiger partial charge is 0.392 e. The van der Waals surface area contributed by atoms with E-state index in [0.717, 1.165) is 73.0 Å². The van der Waals surface area contributed by atoms with Gasteiger partial charge in [-0.1, -0.05) is 24.6 Å². The molecule has 0 radical (unpaired) electrons. The van der Waals surface area contributed by atoms with E-state index in [1.165, 1.54) is 0 Å². The molecule has 2 aromatic rings. The zero-order valence-corrected chi connectivity index (χ0v) is 14.3. The van der Waals surface area contributed by atoms with Gasteiger partial charge in [-0.15, -0.1) is 0 Å². The number of hydrogen-bond acceptors (Lipinski definition) is 4. The van der Waals surface area contributed by atoms with E-state index in [-0.39, 0.29) is 18.1 Å². The number of para-hydroxylation sites is 1. The summed E-state index contributed by atoms with van der Waals surface area (Å²) in [6, 6.07) is 8.23.